The Morgan fingerprint density at radius 3 is 2.40 bits per heavy atom. The van der Waals surface area contributed by atoms with Crippen molar-refractivity contribution in [3.05, 3.63) is 41.2 Å². The van der Waals surface area contributed by atoms with Crippen LogP contribution in [-0.4, -0.2) is 23.5 Å². The smallest absolute Gasteiger partial charge is 0.306 e. The van der Waals surface area contributed by atoms with Gasteiger partial charge >= 0.3 is 5.97 Å². The Labute approximate surface area is 150 Å². The van der Waals surface area contributed by atoms with E-state index in [1.165, 1.54) is 0 Å². The van der Waals surface area contributed by atoms with Crippen molar-refractivity contribution < 1.29 is 14.7 Å². The Balaban J connectivity index is 2.12. The summed E-state index contributed by atoms with van der Waals surface area (Å²) in [7, 11) is 0. The maximum atomic E-state index is 11.8. The fourth-order valence-electron chi connectivity index (χ4n) is 2.74. The predicted octanol–water partition coefficient (Wildman–Crippen LogP) is 4.20. The first kappa shape index (κ1) is 20.7. The highest BCUT2D eigenvalue weighted by Gasteiger charge is 2.20. The van der Waals surface area contributed by atoms with Crippen LogP contribution in [0.25, 0.3) is 4.85 Å². The summed E-state index contributed by atoms with van der Waals surface area (Å²) in [4.78, 5) is 26.3. The van der Waals surface area contributed by atoms with Crippen LogP contribution in [0.15, 0.2) is 24.3 Å². The third-order valence-corrected chi connectivity index (χ3v) is 4.32. The van der Waals surface area contributed by atoms with Crippen LogP contribution in [0.3, 0.4) is 0 Å². The van der Waals surface area contributed by atoms with Gasteiger partial charge < -0.3 is 10.4 Å². The topological polar surface area (TPSA) is 70.8 Å². The molecule has 0 heterocycles. The minimum Gasteiger partial charge on any atom is -0.481 e. The van der Waals surface area contributed by atoms with Crippen molar-refractivity contribution in [1.82, 2.24) is 5.32 Å². The number of aryl methyl sites for hydroxylation is 1. The summed E-state index contributed by atoms with van der Waals surface area (Å²) in [6.45, 7) is 11.4. The summed E-state index contributed by atoms with van der Waals surface area (Å²) >= 11 is 0. The molecule has 0 saturated carbocycles. The van der Waals surface area contributed by atoms with Crippen molar-refractivity contribution in [1.29, 1.82) is 0 Å². The average molecular weight is 344 g/mol. The molecule has 0 spiro atoms. The molecule has 0 saturated heterocycles. The van der Waals surface area contributed by atoms with Gasteiger partial charge in [-0.25, -0.2) is 4.85 Å². The Hall–Kier alpha value is -2.35. The number of carbonyl (C=O) groups excluding carboxylic acids is 1. The molecular weight excluding hydrogens is 316 g/mol. The van der Waals surface area contributed by atoms with E-state index in [1.54, 1.807) is 12.1 Å². The van der Waals surface area contributed by atoms with Crippen molar-refractivity contribution in [2.75, 3.05) is 6.54 Å². The lowest BCUT2D eigenvalue weighted by Crippen LogP contribution is -2.25. The molecule has 0 radical (unpaired) electrons. The quantitative estimate of drug-likeness (QED) is 0.467. The molecule has 0 aromatic heterocycles. The van der Waals surface area contributed by atoms with Crippen LogP contribution in [0.5, 0.6) is 0 Å². The molecule has 25 heavy (non-hydrogen) atoms. The standard InChI is InChI=1S/C20H28N2O3/c1-15(2)18(20(24)25)8-4-5-14-22-19(23)9-6-7-16-10-12-17(21-3)13-11-16/h10-13,15,18H,4-9,14H2,1-2H3,(H,22,23)(H,24,25). The molecule has 1 atom stereocenters. The molecule has 0 aliphatic carbocycles. The summed E-state index contributed by atoms with van der Waals surface area (Å²) < 4.78 is 0. The highest BCUT2D eigenvalue weighted by Crippen LogP contribution is 2.18. The largest absolute Gasteiger partial charge is 0.481 e. The van der Waals surface area contributed by atoms with E-state index in [9.17, 15) is 9.59 Å². The number of carbonyl (C=O) groups is 2. The van der Waals surface area contributed by atoms with Crippen molar-refractivity contribution in [3.8, 4) is 0 Å². The highest BCUT2D eigenvalue weighted by molar-refractivity contribution is 5.75. The van der Waals surface area contributed by atoms with E-state index < -0.39 is 5.97 Å². The maximum Gasteiger partial charge on any atom is 0.306 e. The molecule has 1 aromatic carbocycles. The lowest BCUT2D eigenvalue weighted by molar-refractivity contribution is -0.143. The lowest BCUT2D eigenvalue weighted by Gasteiger charge is -2.15. The van der Waals surface area contributed by atoms with Gasteiger partial charge in [0.15, 0.2) is 5.69 Å². The molecule has 136 valence electrons. The van der Waals surface area contributed by atoms with Crippen LogP contribution in [0.2, 0.25) is 0 Å². The second kappa shape index (κ2) is 11.2. The fourth-order valence-corrected chi connectivity index (χ4v) is 2.74. The Kier molecular flexibility index (Phi) is 9.31. The van der Waals surface area contributed by atoms with Crippen LogP contribution < -0.4 is 5.32 Å². The number of nitrogens with one attached hydrogen (secondary N) is 1. The minimum atomic E-state index is -0.733. The van der Waals surface area contributed by atoms with Crippen molar-refractivity contribution >= 4 is 17.6 Å². The number of hydrogen-bond donors (Lipinski definition) is 2. The minimum absolute atomic E-state index is 0.0384. The highest BCUT2D eigenvalue weighted by atomic mass is 16.4. The third kappa shape index (κ3) is 8.35. The van der Waals surface area contributed by atoms with Crippen molar-refractivity contribution in [2.45, 2.75) is 52.4 Å². The van der Waals surface area contributed by atoms with Crippen LogP contribution in [0.1, 0.15) is 51.5 Å². The molecule has 0 aliphatic heterocycles. The molecule has 2 N–H and O–H groups in total. The zero-order chi connectivity index (χ0) is 18.7. The van der Waals surface area contributed by atoms with E-state index in [1.807, 2.05) is 26.0 Å². The van der Waals surface area contributed by atoms with Gasteiger partial charge in [0.25, 0.3) is 0 Å². The van der Waals surface area contributed by atoms with Crippen LogP contribution in [-0.2, 0) is 16.0 Å². The number of benzene rings is 1. The van der Waals surface area contributed by atoms with Gasteiger partial charge in [-0.05, 0) is 31.6 Å². The molecule has 5 heteroatoms. The average Bonchev–Trinajstić information content (AvgIpc) is 2.57. The van der Waals surface area contributed by atoms with E-state index in [2.05, 4.69) is 10.2 Å². The number of nitrogens with zero attached hydrogens (tertiary/aromatic N) is 1. The van der Waals surface area contributed by atoms with Crippen molar-refractivity contribution in [3.63, 3.8) is 0 Å². The molecule has 5 nitrogen and oxygen atoms in total. The number of aliphatic carboxylic acids is 1. The fraction of sp³-hybridized carbons (Fsp3) is 0.550. The van der Waals surface area contributed by atoms with Gasteiger partial charge in [-0.3, -0.25) is 9.59 Å². The Bertz CT molecular complexity index is 588. The number of amides is 1. The molecule has 1 amide bonds. The number of carboxylic acids is 1. The van der Waals surface area contributed by atoms with Crippen LogP contribution in [0.4, 0.5) is 5.69 Å². The van der Waals surface area contributed by atoms with Gasteiger partial charge in [0.1, 0.15) is 0 Å². The molecule has 1 aromatic rings. The van der Waals surface area contributed by atoms with Gasteiger partial charge in [0.2, 0.25) is 5.91 Å². The molecule has 1 rings (SSSR count). The number of hydrogen-bond acceptors (Lipinski definition) is 2. The van der Waals surface area contributed by atoms with Gasteiger partial charge in [-0.1, -0.05) is 50.1 Å². The SMILES string of the molecule is [C-]#[N+]c1ccc(CCCC(=O)NCCCCC(C(=O)O)C(C)C)cc1. The number of unbranched alkanes of at least 4 members (excludes halogenated alkanes) is 1. The van der Waals surface area contributed by atoms with Gasteiger partial charge in [-0.15, -0.1) is 0 Å². The molecule has 0 aliphatic rings. The maximum absolute atomic E-state index is 11.8. The number of rotatable bonds is 11. The molecule has 0 bridgehead atoms. The lowest BCUT2D eigenvalue weighted by atomic mass is 9.91. The summed E-state index contributed by atoms with van der Waals surface area (Å²) in [5.41, 5.74) is 1.76. The second-order valence-electron chi connectivity index (χ2n) is 6.67. The first-order valence-electron chi connectivity index (χ1n) is 8.90. The monoisotopic (exact) mass is 344 g/mol. The van der Waals surface area contributed by atoms with Crippen LogP contribution >= 0.6 is 0 Å². The zero-order valence-electron chi connectivity index (χ0n) is 15.1. The van der Waals surface area contributed by atoms with E-state index in [4.69, 9.17) is 11.7 Å². The first-order valence-corrected chi connectivity index (χ1v) is 8.90. The van der Waals surface area contributed by atoms with E-state index in [0.29, 0.717) is 25.1 Å². The van der Waals surface area contributed by atoms with Gasteiger partial charge in [0, 0.05) is 13.0 Å². The summed E-state index contributed by atoms with van der Waals surface area (Å²) in [5, 5.41) is 12.0. The van der Waals surface area contributed by atoms with Gasteiger partial charge in [0.05, 0.1) is 12.5 Å². The summed E-state index contributed by atoms with van der Waals surface area (Å²) in [6, 6.07) is 7.45. The summed E-state index contributed by atoms with van der Waals surface area (Å²) in [5.74, 6) is -0.860. The first-order chi connectivity index (χ1) is 11.9. The van der Waals surface area contributed by atoms with Gasteiger partial charge in [-0.2, -0.15) is 0 Å². The molecular formula is C20H28N2O3. The van der Waals surface area contributed by atoms with Crippen LogP contribution in [0, 0.1) is 18.4 Å². The number of carboxylic acid groups (broad SMARTS) is 1. The third-order valence-electron chi connectivity index (χ3n) is 4.32. The summed E-state index contributed by atoms with van der Waals surface area (Å²) in [6.07, 6.45) is 4.35. The molecule has 1 unspecified atom stereocenters. The second-order valence-corrected chi connectivity index (χ2v) is 6.67. The Morgan fingerprint density at radius 2 is 1.84 bits per heavy atom. The van der Waals surface area contributed by atoms with Crippen molar-refractivity contribution in [2.24, 2.45) is 11.8 Å². The van der Waals surface area contributed by atoms with E-state index >= 15 is 0 Å². The van der Waals surface area contributed by atoms with E-state index in [0.717, 1.165) is 31.2 Å². The molecule has 0 fully saturated rings. The predicted molar refractivity (Wildman–Crippen MR) is 98.5 cm³/mol. The Morgan fingerprint density at radius 1 is 1.16 bits per heavy atom. The van der Waals surface area contributed by atoms with E-state index in [-0.39, 0.29) is 17.7 Å². The zero-order valence-corrected chi connectivity index (χ0v) is 15.1. The normalized spacial score (nSPS) is 11.8.